The van der Waals surface area contributed by atoms with Crippen LogP contribution in [-0.4, -0.2) is 30.1 Å². The highest BCUT2D eigenvalue weighted by molar-refractivity contribution is 6.30. The minimum Gasteiger partial charge on any atom is -0.314 e. The van der Waals surface area contributed by atoms with E-state index in [0.29, 0.717) is 23.7 Å². The summed E-state index contributed by atoms with van der Waals surface area (Å²) in [6.45, 7) is 6.89. The molecule has 1 fully saturated rings. The molecule has 0 aromatic heterocycles. The highest BCUT2D eigenvalue weighted by Crippen LogP contribution is 2.19. The zero-order valence-corrected chi connectivity index (χ0v) is 11.0. The van der Waals surface area contributed by atoms with Crippen LogP contribution in [-0.2, 0) is 6.54 Å². The van der Waals surface area contributed by atoms with Crippen molar-refractivity contribution in [2.24, 2.45) is 0 Å². The average Bonchev–Trinajstić information content (AvgIpc) is 2.26. The van der Waals surface area contributed by atoms with Gasteiger partial charge in [-0.05, 0) is 26.0 Å². The molecule has 1 heterocycles. The average molecular weight is 257 g/mol. The molecule has 0 radical (unpaired) electrons. The predicted molar refractivity (Wildman–Crippen MR) is 68.7 cm³/mol. The molecule has 0 aliphatic carbocycles. The van der Waals surface area contributed by atoms with E-state index >= 15 is 0 Å². The third kappa shape index (κ3) is 2.97. The number of piperazine rings is 1. The summed E-state index contributed by atoms with van der Waals surface area (Å²) in [5.74, 6) is -0.213. The van der Waals surface area contributed by atoms with Crippen LogP contribution in [0.2, 0.25) is 5.02 Å². The van der Waals surface area contributed by atoms with Gasteiger partial charge in [0.2, 0.25) is 0 Å². The molecule has 94 valence electrons. The van der Waals surface area contributed by atoms with E-state index < -0.39 is 0 Å². The highest BCUT2D eigenvalue weighted by Gasteiger charge is 2.24. The van der Waals surface area contributed by atoms with Crippen LogP contribution in [0.3, 0.4) is 0 Å². The molecule has 1 aliphatic heterocycles. The quantitative estimate of drug-likeness (QED) is 0.875. The molecule has 2 nitrogen and oxygen atoms in total. The third-order valence-electron chi connectivity index (χ3n) is 3.38. The van der Waals surface area contributed by atoms with Crippen molar-refractivity contribution in [3.05, 3.63) is 34.6 Å². The number of benzene rings is 1. The molecule has 0 saturated carbocycles. The number of rotatable bonds is 2. The van der Waals surface area contributed by atoms with Gasteiger partial charge in [0.1, 0.15) is 5.82 Å². The normalized spacial score (nSPS) is 26.1. The van der Waals surface area contributed by atoms with E-state index in [4.69, 9.17) is 11.6 Å². The monoisotopic (exact) mass is 256 g/mol. The Hall–Kier alpha value is -0.640. The fraction of sp³-hybridized carbons (Fsp3) is 0.538. The molecular formula is C13H18ClFN2. The van der Waals surface area contributed by atoms with Gasteiger partial charge >= 0.3 is 0 Å². The Morgan fingerprint density at radius 3 is 2.59 bits per heavy atom. The molecule has 1 N–H and O–H groups in total. The van der Waals surface area contributed by atoms with Gasteiger partial charge in [0.15, 0.2) is 0 Å². The van der Waals surface area contributed by atoms with Crippen molar-refractivity contribution >= 4 is 11.6 Å². The van der Waals surface area contributed by atoms with Gasteiger partial charge in [0.25, 0.3) is 0 Å². The molecular weight excluding hydrogens is 239 g/mol. The van der Waals surface area contributed by atoms with Gasteiger partial charge in [-0.2, -0.15) is 0 Å². The maximum Gasteiger partial charge on any atom is 0.129 e. The number of halogens is 2. The van der Waals surface area contributed by atoms with E-state index in [1.807, 2.05) is 0 Å². The second-order valence-electron chi connectivity index (χ2n) is 4.76. The lowest BCUT2D eigenvalue weighted by Gasteiger charge is -2.39. The maximum atomic E-state index is 13.7. The molecule has 2 atom stereocenters. The summed E-state index contributed by atoms with van der Waals surface area (Å²) in [5.41, 5.74) is 0.718. The van der Waals surface area contributed by atoms with Crippen LogP contribution in [0.4, 0.5) is 4.39 Å². The number of nitrogens with one attached hydrogen (secondary N) is 1. The van der Waals surface area contributed by atoms with Crippen LogP contribution in [0.1, 0.15) is 19.4 Å². The summed E-state index contributed by atoms with van der Waals surface area (Å²) in [6, 6.07) is 5.76. The van der Waals surface area contributed by atoms with E-state index in [-0.39, 0.29) is 5.82 Å². The van der Waals surface area contributed by atoms with E-state index in [2.05, 4.69) is 24.1 Å². The molecule has 0 amide bonds. The molecule has 1 aromatic rings. The smallest absolute Gasteiger partial charge is 0.129 e. The molecule has 2 rings (SSSR count). The predicted octanol–water partition coefficient (Wildman–Crippen LogP) is 2.66. The van der Waals surface area contributed by atoms with Crippen LogP contribution in [0, 0.1) is 5.82 Å². The van der Waals surface area contributed by atoms with Crippen LogP contribution >= 0.6 is 11.6 Å². The first-order valence-electron chi connectivity index (χ1n) is 5.98. The van der Waals surface area contributed by atoms with Crippen LogP contribution in [0.15, 0.2) is 18.2 Å². The molecule has 0 spiro atoms. The van der Waals surface area contributed by atoms with Gasteiger partial charge < -0.3 is 5.32 Å². The second kappa shape index (κ2) is 5.34. The minimum atomic E-state index is -0.213. The molecule has 0 bridgehead atoms. The van der Waals surface area contributed by atoms with E-state index in [1.165, 1.54) is 6.07 Å². The largest absolute Gasteiger partial charge is 0.314 e. The van der Waals surface area contributed by atoms with Gasteiger partial charge in [-0.15, -0.1) is 0 Å². The topological polar surface area (TPSA) is 15.3 Å². The number of hydrogen-bond acceptors (Lipinski definition) is 2. The summed E-state index contributed by atoms with van der Waals surface area (Å²) in [4.78, 5) is 2.32. The molecule has 17 heavy (non-hydrogen) atoms. The zero-order chi connectivity index (χ0) is 12.4. The Morgan fingerprint density at radius 2 is 2.00 bits per heavy atom. The van der Waals surface area contributed by atoms with Crippen LogP contribution in [0.25, 0.3) is 0 Å². The lowest BCUT2D eigenvalue weighted by Crippen LogP contribution is -2.54. The highest BCUT2D eigenvalue weighted by atomic mass is 35.5. The third-order valence-corrected chi connectivity index (χ3v) is 3.61. The fourth-order valence-corrected chi connectivity index (χ4v) is 2.49. The standard InChI is InChI=1S/C13H18ClFN2/c1-9-6-16-7-10(2)17(9)8-11-3-4-12(14)5-13(11)15/h3-5,9-10,16H,6-8H2,1-2H3/t9-,10+. The lowest BCUT2D eigenvalue weighted by molar-refractivity contribution is 0.107. The SMILES string of the molecule is C[C@@H]1CNC[C@H](C)N1Cc1ccc(Cl)cc1F. The van der Waals surface area contributed by atoms with Gasteiger partial charge in [0.05, 0.1) is 0 Å². The van der Waals surface area contributed by atoms with Crippen molar-refractivity contribution in [3.63, 3.8) is 0 Å². The van der Waals surface area contributed by atoms with Gasteiger partial charge in [0, 0.05) is 42.3 Å². The van der Waals surface area contributed by atoms with Gasteiger partial charge in [-0.1, -0.05) is 17.7 Å². The summed E-state index contributed by atoms with van der Waals surface area (Å²) in [5, 5.41) is 3.82. The van der Waals surface area contributed by atoms with Crippen LogP contribution < -0.4 is 5.32 Å². The number of hydrogen-bond donors (Lipinski definition) is 1. The molecule has 1 saturated heterocycles. The lowest BCUT2D eigenvalue weighted by atomic mass is 10.1. The fourth-order valence-electron chi connectivity index (χ4n) is 2.33. The Bertz CT molecular complexity index is 387. The second-order valence-corrected chi connectivity index (χ2v) is 5.20. The van der Waals surface area contributed by atoms with Gasteiger partial charge in [-0.25, -0.2) is 4.39 Å². The van der Waals surface area contributed by atoms with E-state index in [9.17, 15) is 4.39 Å². The molecule has 0 unspecified atom stereocenters. The van der Waals surface area contributed by atoms with Crippen molar-refractivity contribution < 1.29 is 4.39 Å². The van der Waals surface area contributed by atoms with E-state index in [1.54, 1.807) is 12.1 Å². The first-order valence-corrected chi connectivity index (χ1v) is 6.36. The summed E-state index contributed by atoms with van der Waals surface area (Å²) in [7, 11) is 0. The Balaban J connectivity index is 2.13. The van der Waals surface area contributed by atoms with Crippen molar-refractivity contribution in [2.45, 2.75) is 32.5 Å². The summed E-state index contributed by atoms with van der Waals surface area (Å²) < 4.78 is 13.7. The Morgan fingerprint density at radius 1 is 1.35 bits per heavy atom. The molecule has 1 aliphatic rings. The van der Waals surface area contributed by atoms with Gasteiger partial charge in [-0.3, -0.25) is 4.90 Å². The first kappa shape index (κ1) is 12.8. The van der Waals surface area contributed by atoms with Crippen molar-refractivity contribution in [3.8, 4) is 0 Å². The zero-order valence-electron chi connectivity index (χ0n) is 10.2. The Labute approximate surface area is 107 Å². The van der Waals surface area contributed by atoms with Crippen molar-refractivity contribution in [1.29, 1.82) is 0 Å². The Kier molecular flexibility index (Phi) is 4.02. The van der Waals surface area contributed by atoms with Crippen molar-refractivity contribution in [1.82, 2.24) is 10.2 Å². The molecule has 1 aromatic carbocycles. The molecule has 4 heteroatoms. The van der Waals surface area contributed by atoms with Crippen LogP contribution in [0.5, 0.6) is 0 Å². The van der Waals surface area contributed by atoms with E-state index in [0.717, 1.165) is 18.7 Å². The number of nitrogens with zero attached hydrogens (tertiary/aromatic N) is 1. The maximum absolute atomic E-state index is 13.7. The summed E-state index contributed by atoms with van der Waals surface area (Å²) in [6.07, 6.45) is 0. The summed E-state index contributed by atoms with van der Waals surface area (Å²) >= 11 is 5.75. The van der Waals surface area contributed by atoms with Crippen molar-refractivity contribution in [2.75, 3.05) is 13.1 Å². The first-order chi connectivity index (χ1) is 8.08. The minimum absolute atomic E-state index is 0.213.